The first-order valence-electron chi connectivity index (χ1n) is 7.19. The maximum atomic E-state index is 11.0. The third kappa shape index (κ3) is 3.56. The molecule has 0 aliphatic heterocycles. The van der Waals surface area contributed by atoms with Crippen LogP contribution in [0.5, 0.6) is 0 Å². The summed E-state index contributed by atoms with van der Waals surface area (Å²) in [5.74, 6) is 0.127. The molecule has 1 aromatic heterocycles. The molecule has 2 rings (SSSR count). The van der Waals surface area contributed by atoms with E-state index in [2.05, 4.69) is 16.5 Å². The van der Waals surface area contributed by atoms with E-state index in [4.69, 9.17) is 16.7 Å². The number of para-hydroxylation sites is 1. The Morgan fingerprint density at radius 1 is 1.43 bits per heavy atom. The van der Waals surface area contributed by atoms with E-state index in [1.54, 1.807) is 0 Å². The molecule has 21 heavy (non-hydrogen) atoms. The molecule has 0 bridgehead atoms. The Balaban J connectivity index is 2.46. The summed E-state index contributed by atoms with van der Waals surface area (Å²) in [5.41, 5.74) is 1.48. The highest BCUT2D eigenvalue weighted by molar-refractivity contribution is 6.35. The first-order valence-corrected chi connectivity index (χ1v) is 7.57. The SMILES string of the molecule is CCCn1c(CC(C)(C)CC(=O)O)nc2cccc(Cl)c21. The molecule has 0 radical (unpaired) electrons. The maximum absolute atomic E-state index is 11.0. The predicted octanol–water partition coefficient (Wildman–Crippen LogP) is 4.14. The van der Waals surface area contributed by atoms with Crippen LogP contribution in [0.3, 0.4) is 0 Å². The van der Waals surface area contributed by atoms with Crippen LogP contribution in [0.4, 0.5) is 0 Å². The number of carboxylic acids is 1. The van der Waals surface area contributed by atoms with Gasteiger partial charge in [-0.2, -0.15) is 0 Å². The zero-order valence-electron chi connectivity index (χ0n) is 12.7. The first-order chi connectivity index (χ1) is 9.84. The lowest BCUT2D eigenvalue weighted by Crippen LogP contribution is -2.22. The van der Waals surface area contributed by atoms with Gasteiger partial charge in [-0.3, -0.25) is 4.79 Å². The lowest BCUT2D eigenvalue weighted by molar-refractivity contribution is -0.139. The van der Waals surface area contributed by atoms with Gasteiger partial charge >= 0.3 is 5.97 Å². The molecule has 1 heterocycles. The molecule has 0 amide bonds. The van der Waals surface area contributed by atoms with Gasteiger partial charge < -0.3 is 9.67 Å². The van der Waals surface area contributed by atoms with Crippen LogP contribution in [0.2, 0.25) is 5.02 Å². The number of halogens is 1. The van der Waals surface area contributed by atoms with Gasteiger partial charge in [-0.1, -0.05) is 38.4 Å². The van der Waals surface area contributed by atoms with Gasteiger partial charge in [0.15, 0.2) is 0 Å². The standard InChI is InChI=1S/C16H21ClN2O2/c1-4-8-19-13(9-16(2,3)10-14(20)21)18-12-7-5-6-11(17)15(12)19/h5-7H,4,8-10H2,1-3H3,(H,20,21). The molecule has 0 unspecified atom stereocenters. The molecular formula is C16H21ClN2O2. The molecule has 114 valence electrons. The molecule has 1 aromatic carbocycles. The molecule has 0 saturated heterocycles. The van der Waals surface area contributed by atoms with Crippen LogP contribution in [-0.2, 0) is 17.8 Å². The average molecular weight is 309 g/mol. The summed E-state index contributed by atoms with van der Waals surface area (Å²) in [5, 5.41) is 9.73. The Hall–Kier alpha value is -1.55. The fraction of sp³-hybridized carbons (Fsp3) is 0.500. The molecule has 0 aliphatic rings. The van der Waals surface area contributed by atoms with Crippen LogP contribution in [0.25, 0.3) is 11.0 Å². The number of benzene rings is 1. The molecule has 0 spiro atoms. The van der Waals surface area contributed by atoms with Crippen LogP contribution in [0.1, 0.15) is 39.4 Å². The molecule has 0 aliphatic carbocycles. The minimum absolute atomic E-state index is 0.121. The van der Waals surface area contributed by atoms with Crippen molar-refractivity contribution in [2.75, 3.05) is 0 Å². The van der Waals surface area contributed by atoms with Crippen molar-refractivity contribution in [1.82, 2.24) is 9.55 Å². The highest BCUT2D eigenvalue weighted by Crippen LogP contribution is 2.30. The number of imidazole rings is 1. The number of fused-ring (bicyclic) bond motifs is 1. The summed E-state index contributed by atoms with van der Waals surface area (Å²) in [6.45, 7) is 6.85. The van der Waals surface area contributed by atoms with Crippen molar-refractivity contribution >= 4 is 28.6 Å². The Morgan fingerprint density at radius 2 is 2.14 bits per heavy atom. The highest BCUT2D eigenvalue weighted by Gasteiger charge is 2.25. The number of nitrogens with zero attached hydrogens (tertiary/aromatic N) is 2. The van der Waals surface area contributed by atoms with Crippen molar-refractivity contribution in [3.8, 4) is 0 Å². The fourth-order valence-electron chi connectivity index (χ4n) is 2.69. The van der Waals surface area contributed by atoms with Crippen LogP contribution >= 0.6 is 11.6 Å². The smallest absolute Gasteiger partial charge is 0.303 e. The van der Waals surface area contributed by atoms with Gasteiger partial charge in [0, 0.05) is 13.0 Å². The Morgan fingerprint density at radius 3 is 2.76 bits per heavy atom. The van der Waals surface area contributed by atoms with E-state index in [-0.39, 0.29) is 11.8 Å². The number of rotatable bonds is 6. The normalized spacial score (nSPS) is 12.0. The molecule has 4 nitrogen and oxygen atoms in total. The van der Waals surface area contributed by atoms with E-state index < -0.39 is 5.97 Å². The number of aromatic nitrogens is 2. The predicted molar refractivity (Wildman–Crippen MR) is 84.8 cm³/mol. The molecule has 5 heteroatoms. The van der Waals surface area contributed by atoms with E-state index in [1.807, 2.05) is 32.0 Å². The summed E-state index contributed by atoms with van der Waals surface area (Å²) < 4.78 is 2.13. The monoisotopic (exact) mass is 308 g/mol. The van der Waals surface area contributed by atoms with Crippen LogP contribution < -0.4 is 0 Å². The summed E-state index contributed by atoms with van der Waals surface area (Å²) in [6.07, 6.45) is 1.71. The summed E-state index contributed by atoms with van der Waals surface area (Å²) in [6, 6.07) is 5.70. The van der Waals surface area contributed by atoms with E-state index in [9.17, 15) is 4.79 Å². The second-order valence-corrected chi connectivity index (χ2v) is 6.61. The van der Waals surface area contributed by atoms with Crippen molar-refractivity contribution in [3.05, 3.63) is 29.0 Å². The number of hydrogen-bond donors (Lipinski definition) is 1. The number of aryl methyl sites for hydroxylation is 1. The van der Waals surface area contributed by atoms with E-state index >= 15 is 0 Å². The third-order valence-electron chi connectivity index (χ3n) is 3.51. The zero-order chi connectivity index (χ0) is 15.6. The first kappa shape index (κ1) is 15.8. The highest BCUT2D eigenvalue weighted by atomic mass is 35.5. The molecule has 2 aromatic rings. The van der Waals surface area contributed by atoms with Crippen molar-refractivity contribution in [1.29, 1.82) is 0 Å². The van der Waals surface area contributed by atoms with Gasteiger partial charge in [-0.05, 0) is 24.0 Å². The number of hydrogen-bond acceptors (Lipinski definition) is 2. The third-order valence-corrected chi connectivity index (χ3v) is 3.82. The Labute approximate surface area is 129 Å². The van der Waals surface area contributed by atoms with Gasteiger partial charge in [0.25, 0.3) is 0 Å². The maximum Gasteiger partial charge on any atom is 0.303 e. The minimum Gasteiger partial charge on any atom is -0.481 e. The topological polar surface area (TPSA) is 55.1 Å². The average Bonchev–Trinajstić information content (AvgIpc) is 2.66. The number of carbonyl (C=O) groups is 1. The summed E-state index contributed by atoms with van der Waals surface area (Å²) in [4.78, 5) is 15.7. The lowest BCUT2D eigenvalue weighted by Gasteiger charge is -2.22. The van der Waals surface area contributed by atoms with Gasteiger partial charge in [-0.25, -0.2) is 4.98 Å². The molecule has 0 atom stereocenters. The quantitative estimate of drug-likeness (QED) is 0.872. The zero-order valence-corrected chi connectivity index (χ0v) is 13.4. The lowest BCUT2D eigenvalue weighted by atomic mass is 9.85. The second kappa shape index (κ2) is 6.06. The molecule has 0 fully saturated rings. The van der Waals surface area contributed by atoms with Crippen LogP contribution in [-0.4, -0.2) is 20.6 Å². The molecular weight excluding hydrogens is 288 g/mol. The van der Waals surface area contributed by atoms with Gasteiger partial charge in [0.1, 0.15) is 5.82 Å². The van der Waals surface area contributed by atoms with Crippen molar-refractivity contribution in [2.24, 2.45) is 5.41 Å². The summed E-state index contributed by atoms with van der Waals surface area (Å²) in [7, 11) is 0. The van der Waals surface area contributed by atoms with E-state index in [0.717, 1.165) is 29.8 Å². The van der Waals surface area contributed by atoms with Gasteiger partial charge in [0.2, 0.25) is 0 Å². The minimum atomic E-state index is -0.781. The second-order valence-electron chi connectivity index (χ2n) is 6.20. The summed E-state index contributed by atoms with van der Waals surface area (Å²) >= 11 is 6.31. The number of aliphatic carboxylic acids is 1. The van der Waals surface area contributed by atoms with Crippen LogP contribution in [0, 0.1) is 5.41 Å². The Bertz CT molecular complexity index is 662. The van der Waals surface area contributed by atoms with Crippen molar-refractivity contribution in [3.63, 3.8) is 0 Å². The van der Waals surface area contributed by atoms with Gasteiger partial charge in [0.05, 0.1) is 22.5 Å². The van der Waals surface area contributed by atoms with Crippen molar-refractivity contribution < 1.29 is 9.90 Å². The van der Waals surface area contributed by atoms with Crippen LogP contribution in [0.15, 0.2) is 18.2 Å². The van der Waals surface area contributed by atoms with E-state index in [0.29, 0.717) is 11.4 Å². The molecule has 1 N–H and O–H groups in total. The fourth-order valence-corrected chi connectivity index (χ4v) is 2.96. The Kier molecular flexibility index (Phi) is 4.57. The van der Waals surface area contributed by atoms with E-state index in [1.165, 1.54) is 0 Å². The van der Waals surface area contributed by atoms with Crippen molar-refractivity contribution in [2.45, 2.75) is 46.6 Å². The molecule has 0 saturated carbocycles. The van der Waals surface area contributed by atoms with Gasteiger partial charge in [-0.15, -0.1) is 0 Å². The largest absolute Gasteiger partial charge is 0.481 e. The number of carboxylic acid groups (broad SMARTS) is 1.